The number of hydrogen-bond donors (Lipinski definition) is 8. The van der Waals surface area contributed by atoms with E-state index in [2.05, 4.69) is 26.6 Å². The molecule has 0 aliphatic carbocycles. The first kappa shape index (κ1) is 51.1. The van der Waals surface area contributed by atoms with E-state index in [0.29, 0.717) is 28.9 Å². The number of benzene rings is 3. The van der Waals surface area contributed by atoms with Gasteiger partial charge in [-0.25, -0.2) is 0 Å². The number of hydrogen-bond acceptors (Lipinski definition) is 10. The Balaban J connectivity index is 1.89. The number of aliphatic carboxylic acids is 1. The fourth-order valence-electron chi connectivity index (χ4n) is 6.59. The van der Waals surface area contributed by atoms with Crippen molar-refractivity contribution in [3.05, 3.63) is 108 Å². The molecule has 0 aliphatic heterocycles. The van der Waals surface area contributed by atoms with Gasteiger partial charge in [0.2, 0.25) is 41.4 Å². The van der Waals surface area contributed by atoms with Gasteiger partial charge in [-0.3, -0.25) is 38.4 Å². The van der Waals surface area contributed by atoms with Crippen molar-refractivity contribution < 1.29 is 43.5 Å². The summed E-state index contributed by atoms with van der Waals surface area (Å²) in [6, 6.07) is 19.3. The van der Waals surface area contributed by atoms with Crippen molar-refractivity contribution in [2.45, 2.75) is 88.6 Å². The van der Waals surface area contributed by atoms with E-state index in [1.54, 1.807) is 91.0 Å². The minimum Gasteiger partial charge on any atom is -0.480 e. The molecule has 0 spiro atoms. The third-order valence-corrected chi connectivity index (χ3v) is 10.6. The van der Waals surface area contributed by atoms with E-state index in [0.717, 1.165) is 0 Å². The van der Waals surface area contributed by atoms with Crippen LogP contribution in [0.1, 0.15) is 49.8 Å². The monoisotopic (exact) mass is 888 g/mol. The second-order valence-corrected chi connectivity index (χ2v) is 16.6. The maximum Gasteiger partial charge on any atom is 0.321 e. The van der Waals surface area contributed by atoms with Crippen LogP contribution in [0.15, 0.2) is 91.0 Å². The zero-order valence-electron chi connectivity index (χ0n) is 36.1. The number of nitrogens with zero attached hydrogens (tertiary/aromatic N) is 1. The number of rotatable bonds is 26. The summed E-state index contributed by atoms with van der Waals surface area (Å²) in [5.41, 5.74) is 13.2. The number of carboxylic acid groups (broad SMARTS) is 1. The van der Waals surface area contributed by atoms with Crippen LogP contribution in [0.2, 0.25) is 0 Å². The molecule has 0 heterocycles. The van der Waals surface area contributed by atoms with Crippen LogP contribution in [0.3, 0.4) is 0 Å². The maximum absolute atomic E-state index is 14.6. The first-order valence-electron chi connectivity index (χ1n) is 20.6. The smallest absolute Gasteiger partial charge is 0.321 e. The van der Waals surface area contributed by atoms with Crippen molar-refractivity contribution in [2.75, 3.05) is 25.6 Å². The second kappa shape index (κ2) is 26.3. The zero-order chi connectivity index (χ0) is 46.5. The molecule has 0 saturated heterocycles. The van der Waals surface area contributed by atoms with E-state index in [1.165, 1.54) is 23.7 Å². The highest BCUT2D eigenvalue weighted by molar-refractivity contribution is 7.98. The Morgan fingerprint density at radius 2 is 1.13 bits per heavy atom. The minimum atomic E-state index is -1.51. The Kier molecular flexibility index (Phi) is 21.3. The third kappa shape index (κ3) is 17.9. The van der Waals surface area contributed by atoms with Gasteiger partial charge in [0.15, 0.2) is 0 Å². The summed E-state index contributed by atoms with van der Waals surface area (Å²) in [4.78, 5) is 107. The van der Waals surface area contributed by atoms with Crippen LogP contribution in [0.25, 0.3) is 0 Å². The fourth-order valence-corrected chi connectivity index (χ4v) is 7.06. The second-order valence-electron chi connectivity index (χ2n) is 15.6. The Bertz CT molecular complexity index is 1990. The Morgan fingerprint density at radius 3 is 1.62 bits per heavy atom. The Hall–Kier alpha value is -6.27. The van der Waals surface area contributed by atoms with Gasteiger partial charge in [0.05, 0.1) is 13.0 Å². The van der Waals surface area contributed by atoms with Gasteiger partial charge in [-0.1, -0.05) is 105 Å². The highest BCUT2D eigenvalue weighted by Crippen LogP contribution is 2.14. The molecule has 0 aromatic heterocycles. The van der Waals surface area contributed by atoms with E-state index in [-0.39, 0.29) is 31.6 Å². The van der Waals surface area contributed by atoms with Gasteiger partial charge in [-0.15, -0.1) is 0 Å². The molecule has 6 atom stereocenters. The molecule has 0 radical (unpaired) electrons. The largest absolute Gasteiger partial charge is 0.480 e. The van der Waals surface area contributed by atoms with Crippen LogP contribution in [0, 0.1) is 5.92 Å². The molecule has 3 aromatic rings. The van der Waals surface area contributed by atoms with Crippen molar-refractivity contribution in [3.63, 3.8) is 0 Å². The first-order valence-corrected chi connectivity index (χ1v) is 22.0. The van der Waals surface area contributed by atoms with Crippen LogP contribution >= 0.6 is 11.8 Å². The van der Waals surface area contributed by atoms with Gasteiger partial charge >= 0.3 is 5.97 Å². The Morgan fingerprint density at radius 1 is 0.651 bits per heavy atom. The molecule has 0 unspecified atom stereocenters. The lowest BCUT2D eigenvalue weighted by Crippen LogP contribution is -2.59. The van der Waals surface area contributed by atoms with Crippen molar-refractivity contribution in [2.24, 2.45) is 17.4 Å². The minimum absolute atomic E-state index is 0.00661. The highest BCUT2D eigenvalue weighted by Gasteiger charge is 2.35. The average molecular weight is 889 g/mol. The van der Waals surface area contributed by atoms with Gasteiger partial charge in [-0.05, 0) is 47.5 Å². The molecule has 0 fully saturated rings. The molecular weight excluding hydrogens is 829 g/mol. The molecule has 3 rings (SSSR count). The molecule has 0 bridgehead atoms. The van der Waals surface area contributed by atoms with Crippen molar-refractivity contribution >= 4 is 59.1 Å². The van der Waals surface area contributed by atoms with Crippen molar-refractivity contribution in [3.8, 4) is 0 Å². The van der Waals surface area contributed by atoms with E-state index in [1.807, 2.05) is 20.1 Å². The topological polar surface area (TPSA) is 272 Å². The SMILES string of the molecule is CSCC[C@H](NC(=O)[C@H](CC(C)C)NC(=O)CNC(=O)[C@H](Cc1ccccc1)N(C)C(=O)[C@H](Cc1ccccc1)NC(=O)[C@H](Cc1ccccc1)NC(=O)C[C@H](N)C(=O)O)C(N)=O. The number of amides is 7. The highest BCUT2D eigenvalue weighted by atomic mass is 32.2. The number of carbonyl (C=O) groups excluding carboxylic acids is 7. The molecule has 63 heavy (non-hydrogen) atoms. The van der Waals surface area contributed by atoms with Crippen LogP contribution < -0.4 is 38.1 Å². The predicted octanol–water partition coefficient (Wildman–Crippen LogP) is 0.683. The standard InChI is InChI=1S/C45H60N8O9S/c1-28(2)22-34(41(57)51-33(40(47)56)20-21-63-4)50-39(55)27-48-43(59)37(25-31-18-12-7-13-19-31)53(3)44(60)36(24-30-16-10-6-11-17-30)52-42(58)35(23-29-14-8-5-9-15-29)49-38(54)26-32(46)45(61)62/h5-19,28,32-37H,20-27,46H2,1-4H3,(H2,47,56)(H,48,59)(H,49,54)(H,50,55)(H,51,57)(H,52,58)(H,61,62)/t32-,33-,34-,35-,36-,37-/m0/s1. The molecule has 10 N–H and O–H groups in total. The van der Waals surface area contributed by atoms with E-state index >= 15 is 0 Å². The van der Waals surface area contributed by atoms with E-state index in [9.17, 15) is 43.5 Å². The third-order valence-electron chi connectivity index (χ3n) is 10.00. The summed E-state index contributed by atoms with van der Waals surface area (Å²) in [6.45, 7) is 3.16. The lowest BCUT2D eigenvalue weighted by atomic mass is 9.99. The molecule has 17 nitrogen and oxygen atoms in total. The Labute approximate surface area is 372 Å². The predicted molar refractivity (Wildman–Crippen MR) is 240 cm³/mol. The molecule has 18 heteroatoms. The van der Waals surface area contributed by atoms with Crippen molar-refractivity contribution in [1.29, 1.82) is 0 Å². The van der Waals surface area contributed by atoms with Crippen LogP contribution in [-0.4, -0.2) is 119 Å². The summed E-state index contributed by atoms with van der Waals surface area (Å²) >= 11 is 1.48. The van der Waals surface area contributed by atoms with Crippen LogP contribution in [0.5, 0.6) is 0 Å². The van der Waals surface area contributed by atoms with Crippen molar-refractivity contribution in [1.82, 2.24) is 31.5 Å². The van der Waals surface area contributed by atoms with Crippen LogP contribution in [-0.2, 0) is 57.6 Å². The molecule has 7 amide bonds. The number of nitrogens with two attached hydrogens (primary N) is 2. The number of likely N-dealkylation sites (N-methyl/N-ethyl adjacent to an activating group) is 1. The van der Waals surface area contributed by atoms with Gasteiger partial charge in [0.1, 0.15) is 36.3 Å². The summed E-state index contributed by atoms with van der Waals surface area (Å²) in [6.07, 6.45) is 1.79. The molecule has 0 saturated carbocycles. The van der Waals surface area contributed by atoms with Gasteiger partial charge in [-0.2, -0.15) is 11.8 Å². The zero-order valence-corrected chi connectivity index (χ0v) is 36.9. The van der Waals surface area contributed by atoms with Crippen LogP contribution in [0.4, 0.5) is 0 Å². The lowest BCUT2D eigenvalue weighted by Gasteiger charge is -2.32. The molecular formula is C45H60N8O9S. The summed E-state index contributed by atoms with van der Waals surface area (Å²) in [5.74, 6) is -5.74. The molecule has 3 aromatic carbocycles. The normalized spacial score (nSPS) is 13.8. The summed E-state index contributed by atoms with van der Waals surface area (Å²) in [5, 5.41) is 22.5. The number of nitrogens with one attached hydrogen (secondary N) is 5. The van der Waals surface area contributed by atoms with E-state index < -0.39 is 96.5 Å². The molecule has 0 aliphatic rings. The number of carboxylic acids is 1. The quantitative estimate of drug-likeness (QED) is 0.0556. The summed E-state index contributed by atoms with van der Waals surface area (Å²) in [7, 11) is 1.41. The van der Waals surface area contributed by atoms with Gasteiger partial charge < -0.3 is 48.1 Å². The lowest BCUT2D eigenvalue weighted by molar-refractivity contribution is -0.142. The van der Waals surface area contributed by atoms with E-state index in [4.69, 9.17) is 11.5 Å². The molecule has 340 valence electrons. The first-order chi connectivity index (χ1) is 30.0. The number of primary amides is 1. The fraction of sp³-hybridized carbons (Fsp3) is 0.422. The van der Waals surface area contributed by atoms with Gasteiger partial charge in [0, 0.05) is 26.3 Å². The average Bonchev–Trinajstić information content (AvgIpc) is 3.25. The maximum atomic E-state index is 14.6. The van der Waals surface area contributed by atoms with Gasteiger partial charge in [0.25, 0.3) is 0 Å². The summed E-state index contributed by atoms with van der Waals surface area (Å²) < 4.78 is 0. The number of thioether (sulfide) groups is 1. The number of carbonyl (C=O) groups is 8.